The van der Waals surface area contributed by atoms with E-state index in [1.165, 1.54) is 6.42 Å². The third-order valence-electron chi connectivity index (χ3n) is 5.84. The van der Waals surface area contributed by atoms with Gasteiger partial charge in [0.05, 0.1) is 12.8 Å². The first kappa shape index (κ1) is 25.7. The topological polar surface area (TPSA) is 133 Å². The SMILES string of the molecule is CCCCOc1nc(N)c2[nH]c(C#N)c(CCCCCN3CCCCC3NC=O)c2n1.Cl. The van der Waals surface area contributed by atoms with Crippen molar-refractivity contribution < 1.29 is 9.53 Å². The number of nitrogens with one attached hydrogen (secondary N) is 2. The zero-order valence-electron chi connectivity index (χ0n) is 18.7. The Balaban J connectivity index is 0.00000363. The van der Waals surface area contributed by atoms with E-state index in [9.17, 15) is 10.1 Å². The number of aromatic amines is 1. The number of carbonyl (C=O) groups excluding carboxylic acids is 1. The van der Waals surface area contributed by atoms with Crippen LogP contribution in [0.4, 0.5) is 5.82 Å². The number of nitrogens with two attached hydrogens (primary N) is 1. The molecule has 1 fully saturated rings. The molecule has 4 N–H and O–H groups in total. The molecule has 0 radical (unpaired) electrons. The van der Waals surface area contributed by atoms with Gasteiger partial charge >= 0.3 is 6.01 Å². The average molecular weight is 464 g/mol. The van der Waals surface area contributed by atoms with Crippen LogP contribution in [0.2, 0.25) is 0 Å². The highest BCUT2D eigenvalue weighted by atomic mass is 35.5. The molecule has 1 amide bonds. The number of piperidine rings is 1. The normalized spacial score (nSPS) is 16.3. The molecule has 10 heteroatoms. The van der Waals surface area contributed by atoms with Crippen LogP contribution in [0, 0.1) is 11.3 Å². The lowest BCUT2D eigenvalue weighted by Crippen LogP contribution is -2.48. The smallest absolute Gasteiger partial charge is 0.319 e. The first-order valence-electron chi connectivity index (χ1n) is 11.3. The third-order valence-corrected chi connectivity index (χ3v) is 5.84. The molecule has 1 saturated heterocycles. The number of H-pyrrole nitrogens is 1. The monoisotopic (exact) mass is 463 g/mol. The van der Waals surface area contributed by atoms with Crippen molar-refractivity contribution in [2.24, 2.45) is 0 Å². The van der Waals surface area contributed by atoms with Crippen LogP contribution in [0.5, 0.6) is 6.01 Å². The molecule has 0 aromatic carbocycles. The van der Waals surface area contributed by atoms with Gasteiger partial charge < -0.3 is 20.8 Å². The van der Waals surface area contributed by atoms with Gasteiger partial charge in [0.25, 0.3) is 0 Å². The van der Waals surface area contributed by atoms with Crippen LogP contribution in [0.25, 0.3) is 11.0 Å². The Kier molecular flexibility index (Phi) is 10.5. The van der Waals surface area contributed by atoms with Crippen molar-refractivity contribution in [3.8, 4) is 12.1 Å². The minimum Gasteiger partial charge on any atom is -0.463 e. The van der Waals surface area contributed by atoms with Gasteiger partial charge in [0.1, 0.15) is 22.8 Å². The first-order chi connectivity index (χ1) is 15.2. The number of nitriles is 1. The number of nitrogens with zero attached hydrogens (tertiary/aromatic N) is 4. The average Bonchev–Trinajstić information content (AvgIpc) is 3.13. The molecule has 176 valence electrons. The highest BCUT2D eigenvalue weighted by Crippen LogP contribution is 2.27. The predicted molar refractivity (Wildman–Crippen MR) is 127 cm³/mol. The van der Waals surface area contributed by atoms with Crippen molar-refractivity contribution in [3.63, 3.8) is 0 Å². The van der Waals surface area contributed by atoms with Crippen LogP contribution in [-0.2, 0) is 11.2 Å². The molecule has 1 aliphatic rings. The van der Waals surface area contributed by atoms with Crippen LogP contribution in [0.15, 0.2) is 0 Å². The highest BCUT2D eigenvalue weighted by molar-refractivity contribution is 5.89. The van der Waals surface area contributed by atoms with E-state index < -0.39 is 0 Å². The molecule has 0 bridgehead atoms. The second-order valence-electron chi connectivity index (χ2n) is 8.05. The van der Waals surface area contributed by atoms with Gasteiger partial charge in [-0.2, -0.15) is 15.2 Å². The number of rotatable bonds is 12. The summed E-state index contributed by atoms with van der Waals surface area (Å²) in [4.78, 5) is 25.0. The molecular weight excluding hydrogens is 430 g/mol. The number of hydrogen-bond donors (Lipinski definition) is 3. The lowest BCUT2D eigenvalue weighted by Gasteiger charge is -2.35. The molecule has 32 heavy (non-hydrogen) atoms. The Morgan fingerprint density at radius 1 is 1.31 bits per heavy atom. The fraction of sp³-hybridized carbons (Fsp3) is 0.636. The number of ether oxygens (including phenoxy) is 1. The first-order valence-corrected chi connectivity index (χ1v) is 11.3. The van der Waals surface area contributed by atoms with Gasteiger partial charge in [-0.3, -0.25) is 9.69 Å². The standard InChI is InChI=1S/C22H33N7O2.ClH/c1-2-3-13-31-22-27-19-16(17(14-23)26-20(19)21(24)28-22)9-5-4-7-11-29-12-8-6-10-18(29)25-15-30;/h15,18,26H,2-13H2,1H3,(H,25,30)(H2,24,27,28);1H. The second-order valence-corrected chi connectivity index (χ2v) is 8.05. The van der Waals surface area contributed by atoms with E-state index >= 15 is 0 Å². The molecule has 3 rings (SSSR count). The summed E-state index contributed by atoms with van der Waals surface area (Å²) in [5.41, 5.74) is 8.74. The van der Waals surface area contributed by atoms with Gasteiger partial charge in [-0.15, -0.1) is 12.4 Å². The Labute approximate surface area is 195 Å². The number of anilines is 1. The number of aryl methyl sites for hydroxylation is 1. The molecule has 0 aliphatic carbocycles. The Bertz CT molecular complexity index is 912. The fourth-order valence-corrected chi connectivity index (χ4v) is 4.15. The second kappa shape index (κ2) is 13.1. The van der Waals surface area contributed by atoms with Gasteiger partial charge in [0.15, 0.2) is 5.82 Å². The fourth-order valence-electron chi connectivity index (χ4n) is 4.15. The lowest BCUT2D eigenvalue weighted by atomic mass is 10.0. The Hall–Kier alpha value is -2.57. The maximum atomic E-state index is 10.8. The molecule has 2 aromatic rings. The number of amides is 1. The summed E-state index contributed by atoms with van der Waals surface area (Å²) in [5, 5.41) is 12.5. The number of nitrogen functional groups attached to an aromatic ring is 1. The minimum atomic E-state index is 0. The summed E-state index contributed by atoms with van der Waals surface area (Å²) in [6.45, 7) is 4.64. The van der Waals surface area contributed by atoms with E-state index in [0.29, 0.717) is 29.2 Å². The zero-order valence-corrected chi connectivity index (χ0v) is 19.5. The Morgan fingerprint density at radius 3 is 2.91 bits per heavy atom. The minimum absolute atomic E-state index is 0. The predicted octanol–water partition coefficient (Wildman–Crippen LogP) is 3.28. The number of likely N-dealkylation sites (tertiary alicyclic amines) is 1. The third kappa shape index (κ3) is 6.47. The molecule has 0 saturated carbocycles. The van der Waals surface area contributed by atoms with Crippen LogP contribution in [0.1, 0.15) is 69.5 Å². The van der Waals surface area contributed by atoms with Crippen LogP contribution >= 0.6 is 12.4 Å². The van der Waals surface area contributed by atoms with E-state index in [2.05, 4.69) is 38.2 Å². The summed E-state index contributed by atoms with van der Waals surface area (Å²) in [5.74, 6) is 0.304. The van der Waals surface area contributed by atoms with E-state index in [0.717, 1.165) is 76.4 Å². The van der Waals surface area contributed by atoms with Gasteiger partial charge in [-0.25, -0.2) is 0 Å². The van der Waals surface area contributed by atoms with Gasteiger partial charge in [-0.1, -0.05) is 19.8 Å². The maximum absolute atomic E-state index is 10.8. The number of fused-ring (bicyclic) bond motifs is 1. The molecule has 1 atom stereocenters. The number of hydrogen-bond acceptors (Lipinski definition) is 7. The van der Waals surface area contributed by atoms with Crippen molar-refractivity contribution in [2.45, 2.75) is 70.9 Å². The quantitative estimate of drug-likeness (QED) is 0.325. The molecule has 2 aromatic heterocycles. The zero-order chi connectivity index (χ0) is 22.1. The molecule has 1 unspecified atom stereocenters. The van der Waals surface area contributed by atoms with E-state index in [1.54, 1.807) is 0 Å². The van der Waals surface area contributed by atoms with Crippen molar-refractivity contribution >= 4 is 35.7 Å². The Morgan fingerprint density at radius 2 is 2.16 bits per heavy atom. The van der Waals surface area contributed by atoms with E-state index in [-0.39, 0.29) is 24.6 Å². The maximum Gasteiger partial charge on any atom is 0.319 e. The highest BCUT2D eigenvalue weighted by Gasteiger charge is 2.21. The van der Waals surface area contributed by atoms with Crippen LogP contribution in [-0.4, -0.2) is 52.1 Å². The molecule has 3 heterocycles. The van der Waals surface area contributed by atoms with Crippen LogP contribution < -0.4 is 15.8 Å². The largest absolute Gasteiger partial charge is 0.463 e. The van der Waals surface area contributed by atoms with E-state index in [4.69, 9.17) is 10.5 Å². The summed E-state index contributed by atoms with van der Waals surface area (Å²) in [6, 6.07) is 2.49. The number of carbonyl (C=O) groups is 1. The molecule has 9 nitrogen and oxygen atoms in total. The van der Waals surface area contributed by atoms with Crippen molar-refractivity contribution in [1.82, 2.24) is 25.2 Å². The molecule has 0 spiro atoms. The van der Waals surface area contributed by atoms with Crippen molar-refractivity contribution in [1.29, 1.82) is 5.26 Å². The number of aromatic nitrogens is 3. The summed E-state index contributed by atoms with van der Waals surface area (Å²) in [6.07, 6.45) is 10.0. The van der Waals surface area contributed by atoms with Gasteiger partial charge in [0, 0.05) is 18.7 Å². The summed E-state index contributed by atoms with van der Waals surface area (Å²) >= 11 is 0. The van der Waals surface area contributed by atoms with Crippen molar-refractivity contribution in [2.75, 3.05) is 25.4 Å². The van der Waals surface area contributed by atoms with Crippen molar-refractivity contribution in [3.05, 3.63) is 11.3 Å². The number of unbranched alkanes of at least 4 members (excludes halogenated alkanes) is 3. The summed E-state index contributed by atoms with van der Waals surface area (Å²) < 4.78 is 5.64. The molecule has 1 aliphatic heterocycles. The van der Waals surface area contributed by atoms with Crippen LogP contribution in [0.3, 0.4) is 0 Å². The number of halogens is 1. The summed E-state index contributed by atoms with van der Waals surface area (Å²) in [7, 11) is 0. The van der Waals surface area contributed by atoms with Gasteiger partial charge in [-0.05, 0) is 44.9 Å². The van der Waals surface area contributed by atoms with Gasteiger partial charge in [0.2, 0.25) is 6.41 Å². The molecular formula is C22H34ClN7O2. The lowest BCUT2D eigenvalue weighted by molar-refractivity contribution is -0.111. The van der Waals surface area contributed by atoms with E-state index in [1.807, 2.05) is 0 Å².